The number of carbonyl (C=O) groups excluding carboxylic acids is 1. The SMILES string of the molecule is Cl.O=C(Cc1coc2cc3c(cc12)CCC3)N1C[C@H]2CNC[C@H]2C1. The number of rotatable bonds is 2. The standard InChI is InChI=1S/C19H22N2O2.ClH/c22-19(21-9-15-7-20-8-16(15)10-21)6-14-11-23-18-5-13-3-1-2-12(13)4-17(14)18;/h4-5,11,15-16,20H,1-3,6-10H2;1H/t15-,16+;. The van der Waals surface area contributed by atoms with Crippen LogP contribution >= 0.6 is 12.4 Å². The van der Waals surface area contributed by atoms with Gasteiger partial charge in [-0.05, 0) is 54.4 Å². The minimum Gasteiger partial charge on any atom is -0.464 e. The van der Waals surface area contributed by atoms with Crippen molar-refractivity contribution < 1.29 is 9.21 Å². The number of nitrogens with zero attached hydrogens (tertiary/aromatic N) is 1. The van der Waals surface area contributed by atoms with Crippen LogP contribution in [0.1, 0.15) is 23.1 Å². The van der Waals surface area contributed by atoms with Gasteiger partial charge in [-0.15, -0.1) is 12.4 Å². The van der Waals surface area contributed by atoms with Crippen molar-refractivity contribution in [3.05, 3.63) is 35.1 Å². The number of benzene rings is 1. The second-order valence-corrected chi connectivity index (χ2v) is 7.39. The third kappa shape index (κ3) is 2.52. The van der Waals surface area contributed by atoms with Crippen LogP contribution in [-0.2, 0) is 24.1 Å². The lowest BCUT2D eigenvalue weighted by Crippen LogP contribution is -2.32. The Labute approximate surface area is 148 Å². The van der Waals surface area contributed by atoms with Gasteiger partial charge in [0.25, 0.3) is 0 Å². The molecule has 5 rings (SSSR count). The van der Waals surface area contributed by atoms with Gasteiger partial charge in [0.2, 0.25) is 5.91 Å². The molecule has 24 heavy (non-hydrogen) atoms. The molecule has 1 aliphatic carbocycles. The van der Waals surface area contributed by atoms with Crippen LogP contribution in [0.25, 0.3) is 11.0 Å². The Bertz CT molecular complexity index is 773. The van der Waals surface area contributed by atoms with Crippen LogP contribution in [0.2, 0.25) is 0 Å². The number of nitrogens with one attached hydrogen (secondary N) is 1. The summed E-state index contributed by atoms with van der Waals surface area (Å²) in [5, 5.41) is 4.56. The monoisotopic (exact) mass is 346 g/mol. The second-order valence-electron chi connectivity index (χ2n) is 7.39. The first-order valence-electron chi connectivity index (χ1n) is 8.78. The Hall–Kier alpha value is -1.52. The lowest BCUT2D eigenvalue weighted by atomic mass is 10.0. The number of carbonyl (C=O) groups is 1. The summed E-state index contributed by atoms with van der Waals surface area (Å²) in [6, 6.07) is 4.43. The molecule has 1 N–H and O–H groups in total. The van der Waals surface area contributed by atoms with Gasteiger partial charge < -0.3 is 14.6 Å². The molecule has 5 heteroatoms. The van der Waals surface area contributed by atoms with E-state index in [0.717, 1.165) is 55.6 Å². The van der Waals surface area contributed by atoms with Crippen molar-refractivity contribution in [3.8, 4) is 0 Å². The van der Waals surface area contributed by atoms with Crippen LogP contribution in [0.3, 0.4) is 0 Å². The average Bonchev–Trinajstić information content (AvgIpc) is 3.28. The highest BCUT2D eigenvalue weighted by Crippen LogP contribution is 2.31. The van der Waals surface area contributed by atoms with Crippen LogP contribution in [-0.4, -0.2) is 37.0 Å². The van der Waals surface area contributed by atoms with Gasteiger partial charge in [-0.25, -0.2) is 0 Å². The molecule has 0 spiro atoms. The van der Waals surface area contributed by atoms with Crippen LogP contribution in [0.5, 0.6) is 0 Å². The molecular formula is C19H23ClN2O2. The van der Waals surface area contributed by atoms with Gasteiger partial charge in [0.15, 0.2) is 0 Å². The highest BCUT2D eigenvalue weighted by Gasteiger charge is 2.38. The molecule has 3 heterocycles. The molecule has 0 bridgehead atoms. The summed E-state index contributed by atoms with van der Waals surface area (Å²) in [6.45, 7) is 3.97. The molecular weight excluding hydrogens is 324 g/mol. The molecule has 2 aliphatic heterocycles. The molecule has 4 nitrogen and oxygen atoms in total. The third-order valence-corrected chi connectivity index (χ3v) is 5.95. The van der Waals surface area contributed by atoms with Gasteiger partial charge in [-0.2, -0.15) is 0 Å². The maximum atomic E-state index is 12.7. The Balaban J connectivity index is 0.00000146. The van der Waals surface area contributed by atoms with Gasteiger partial charge in [0, 0.05) is 37.1 Å². The molecule has 3 aliphatic rings. The first-order chi connectivity index (χ1) is 11.3. The predicted molar refractivity (Wildman–Crippen MR) is 95.6 cm³/mol. The minimum absolute atomic E-state index is 0. The molecule has 0 unspecified atom stereocenters. The van der Waals surface area contributed by atoms with E-state index in [1.165, 1.54) is 17.5 Å². The van der Waals surface area contributed by atoms with Crippen molar-refractivity contribution in [1.29, 1.82) is 0 Å². The van der Waals surface area contributed by atoms with Crippen LogP contribution in [0, 0.1) is 11.8 Å². The van der Waals surface area contributed by atoms with E-state index >= 15 is 0 Å². The summed E-state index contributed by atoms with van der Waals surface area (Å²) in [4.78, 5) is 14.7. The fourth-order valence-corrected chi connectivity index (χ4v) is 4.62. The Morgan fingerprint density at radius 3 is 2.62 bits per heavy atom. The Morgan fingerprint density at radius 1 is 1.17 bits per heavy atom. The summed E-state index contributed by atoms with van der Waals surface area (Å²) in [6.07, 6.45) is 5.81. The Kier molecular flexibility index (Phi) is 4.05. The summed E-state index contributed by atoms with van der Waals surface area (Å²) in [7, 11) is 0. The smallest absolute Gasteiger partial charge is 0.227 e. The van der Waals surface area contributed by atoms with Gasteiger partial charge in [0.1, 0.15) is 5.58 Å². The topological polar surface area (TPSA) is 45.5 Å². The van der Waals surface area contributed by atoms with Gasteiger partial charge in [-0.3, -0.25) is 4.79 Å². The average molecular weight is 347 g/mol. The van der Waals surface area contributed by atoms with E-state index in [9.17, 15) is 4.79 Å². The van der Waals surface area contributed by atoms with E-state index in [1.807, 2.05) is 0 Å². The first-order valence-corrected chi connectivity index (χ1v) is 8.78. The molecule has 2 fully saturated rings. The van der Waals surface area contributed by atoms with Crippen molar-refractivity contribution in [2.45, 2.75) is 25.7 Å². The summed E-state index contributed by atoms with van der Waals surface area (Å²) >= 11 is 0. The summed E-state index contributed by atoms with van der Waals surface area (Å²) in [5.41, 5.74) is 4.85. The van der Waals surface area contributed by atoms with E-state index in [4.69, 9.17) is 4.42 Å². The number of amides is 1. The van der Waals surface area contributed by atoms with E-state index in [-0.39, 0.29) is 18.3 Å². The Morgan fingerprint density at radius 2 is 1.88 bits per heavy atom. The predicted octanol–water partition coefficient (Wildman–Crippen LogP) is 2.56. The van der Waals surface area contributed by atoms with E-state index in [1.54, 1.807) is 6.26 Å². The lowest BCUT2D eigenvalue weighted by molar-refractivity contribution is -0.129. The van der Waals surface area contributed by atoms with E-state index in [0.29, 0.717) is 18.3 Å². The van der Waals surface area contributed by atoms with Crippen molar-refractivity contribution >= 4 is 29.3 Å². The van der Waals surface area contributed by atoms with Gasteiger partial charge >= 0.3 is 0 Å². The van der Waals surface area contributed by atoms with Crippen molar-refractivity contribution in [2.24, 2.45) is 11.8 Å². The largest absolute Gasteiger partial charge is 0.464 e. The van der Waals surface area contributed by atoms with Crippen molar-refractivity contribution in [1.82, 2.24) is 10.2 Å². The van der Waals surface area contributed by atoms with Crippen LogP contribution in [0.4, 0.5) is 0 Å². The number of likely N-dealkylation sites (tertiary alicyclic amines) is 1. The van der Waals surface area contributed by atoms with Crippen LogP contribution in [0.15, 0.2) is 22.8 Å². The molecule has 0 radical (unpaired) electrons. The highest BCUT2D eigenvalue weighted by atomic mass is 35.5. The maximum Gasteiger partial charge on any atom is 0.227 e. The minimum atomic E-state index is 0. The number of fused-ring (bicyclic) bond motifs is 3. The van der Waals surface area contributed by atoms with Crippen molar-refractivity contribution in [2.75, 3.05) is 26.2 Å². The molecule has 1 amide bonds. The molecule has 0 saturated carbocycles. The molecule has 128 valence electrons. The second kappa shape index (κ2) is 6.08. The third-order valence-electron chi connectivity index (χ3n) is 5.95. The number of furan rings is 1. The number of hydrogen-bond acceptors (Lipinski definition) is 3. The number of hydrogen-bond donors (Lipinski definition) is 1. The zero-order valence-corrected chi connectivity index (χ0v) is 14.5. The maximum absolute atomic E-state index is 12.7. The molecule has 2 atom stereocenters. The van der Waals surface area contributed by atoms with E-state index < -0.39 is 0 Å². The number of aryl methyl sites for hydroxylation is 2. The lowest BCUT2D eigenvalue weighted by Gasteiger charge is -2.17. The van der Waals surface area contributed by atoms with Gasteiger partial charge in [-0.1, -0.05) is 0 Å². The quantitative estimate of drug-likeness (QED) is 0.909. The highest BCUT2D eigenvalue weighted by molar-refractivity contribution is 5.88. The molecule has 2 saturated heterocycles. The summed E-state index contributed by atoms with van der Waals surface area (Å²) < 4.78 is 5.73. The number of halogens is 1. The zero-order valence-electron chi connectivity index (χ0n) is 13.7. The van der Waals surface area contributed by atoms with Crippen LogP contribution < -0.4 is 5.32 Å². The van der Waals surface area contributed by atoms with Gasteiger partial charge in [0.05, 0.1) is 12.7 Å². The van der Waals surface area contributed by atoms with E-state index in [2.05, 4.69) is 22.3 Å². The van der Waals surface area contributed by atoms with Crippen molar-refractivity contribution in [3.63, 3.8) is 0 Å². The molecule has 1 aromatic carbocycles. The molecule has 2 aromatic rings. The molecule has 1 aromatic heterocycles. The zero-order chi connectivity index (χ0) is 15.4. The summed E-state index contributed by atoms with van der Waals surface area (Å²) in [5.74, 6) is 1.56. The fraction of sp³-hybridized carbons (Fsp3) is 0.526. The fourth-order valence-electron chi connectivity index (χ4n) is 4.62. The normalized spacial score (nSPS) is 24.9. The first kappa shape index (κ1) is 16.0.